The molecule has 0 bridgehead atoms. The van der Waals surface area contributed by atoms with Gasteiger partial charge in [0.25, 0.3) is 5.91 Å². The summed E-state index contributed by atoms with van der Waals surface area (Å²) in [6.45, 7) is 0. The molecule has 0 atom stereocenters. The van der Waals surface area contributed by atoms with Gasteiger partial charge in [-0.2, -0.15) is 0 Å². The SMILES string of the molecule is CS(=O)(=O)c1ccc(Cl)c(C(=O)Nc2ccc3c4c(cccc24)CC3)c1. The molecule has 132 valence electrons. The van der Waals surface area contributed by atoms with Crippen LogP contribution in [0.4, 0.5) is 5.69 Å². The van der Waals surface area contributed by atoms with Gasteiger partial charge in [0.1, 0.15) is 0 Å². The predicted octanol–water partition coefficient (Wildman–Crippen LogP) is 4.25. The second kappa shape index (κ2) is 6.11. The summed E-state index contributed by atoms with van der Waals surface area (Å²) in [7, 11) is -3.42. The molecule has 0 heterocycles. The molecule has 0 radical (unpaired) electrons. The molecule has 4 nitrogen and oxygen atoms in total. The topological polar surface area (TPSA) is 63.2 Å². The maximum absolute atomic E-state index is 12.8. The van der Waals surface area contributed by atoms with Crippen molar-refractivity contribution in [3.05, 3.63) is 70.2 Å². The van der Waals surface area contributed by atoms with E-state index in [-0.39, 0.29) is 15.5 Å². The normalized spacial score (nSPS) is 13.2. The molecule has 4 rings (SSSR count). The Morgan fingerprint density at radius 1 is 1.04 bits per heavy atom. The van der Waals surface area contributed by atoms with Crippen LogP contribution in [-0.4, -0.2) is 20.6 Å². The molecule has 0 aliphatic heterocycles. The van der Waals surface area contributed by atoms with Crippen LogP contribution in [0, 0.1) is 0 Å². The zero-order chi connectivity index (χ0) is 18.5. The molecular weight excluding hydrogens is 370 g/mol. The van der Waals surface area contributed by atoms with E-state index in [2.05, 4.69) is 11.4 Å². The van der Waals surface area contributed by atoms with Gasteiger partial charge >= 0.3 is 0 Å². The summed E-state index contributed by atoms with van der Waals surface area (Å²) in [5, 5.41) is 5.28. The molecule has 0 fully saturated rings. The van der Waals surface area contributed by atoms with E-state index >= 15 is 0 Å². The molecule has 0 unspecified atom stereocenters. The lowest BCUT2D eigenvalue weighted by Gasteiger charge is -2.12. The van der Waals surface area contributed by atoms with Crippen LogP contribution in [0.1, 0.15) is 21.5 Å². The molecule has 1 N–H and O–H groups in total. The minimum atomic E-state index is -3.42. The molecule has 26 heavy (non-hydrogen) atoms. The number of carbonyl (C=O) groups is 1. The van der Waals surface area contributed by atoms with Crippen molar-refractivity contribution in [3.63, 3.8) is 0 Å². The van der Waals surface area contributed by atoms with Crippen molar-refractivity contribution in [2.24, 2.45) is 0 Å². The van der Waals surface area contributed by atoms with E-state index in [0.717, 1.165) is 24.5 Å². The van der Waals surface area contributed by atoms with Crippen LogP contribution >= 0.6 is 11.6 Å². The fourth-order valence-electron chi connectivity index (χ4n) is 3.45. The Morgan fingerprint density at radius 3 is 2.50 bits per heavy atom. The lowest BCUT2D eigenvalue weighted by molar-refractivity contribution is 0.102. The highest BCUT2D eigenvalue weighted by Gasteiger charge is 2.19. The quantitative estimate of drug-likeness (QED) is 0.733. The molecule has 3 aromatic rings. The van der Waals surface area contributed by atoms with E-state index in [9.17, 15) is 13.2 Å². The third-order valence-corrected chi connectivity index (χ3v) is 6.18. The summed E-state index contributed by atoms with van der Waals surface area (Å²) in [5.74, 6) is -0.431. The Hall–Kier alpha value is -2.37. The fraction of sp³-hybridized carbons (Fsp3) is 0.150. The highest BCUT2D eigenvalue weighted by Crippen LogP contribution is 2.35. The van der Waals surface area contributed by atoms with Gasteiger partial charge in [-0.1, -0.05) is 35.9 Å². The average Bonchev–Trinajstić information content (AvgIpc) is 3.01. The Kier molecular flexibility index (Phi) is 4.01. The summed E-state index contributed by atoms with van der Waals surface area (Å²) < 4.78 is 23.5. The number of hydrogen-bond acceptors (Lipinski definition) is 3. The van der Waals surface area contributed by atoms with Crippen LogP contribution in [0.2, 0.25) is 5.02 Å². The Balaban J connectivity index is 1.76. The van der Waals surface area contributed by atoms with Crippen molar-refractivity contribution in [3.8, 4) is 0 Å². The number of halogens is 1. The summed E-state index contributed by atoms with van der Waals surface area (Å²) >= 11 is 6.13. The smallest absolute Gasteiger partial charge is 0.257 e. The zero-order valence-corrected chi connectivity index (χ0v) is 15.6. The fourth-order valence-corrected chi connectivity index (χ4v) is 4.31. The first kappa shape index (κ1) is 17.1. The van der Waals surface area contributed by atoms with Gasteiger partial charge in [0.2, 0.25) is 0 Å². The van der Waals surface area contributed by atoms with E-state index in [4.69, 9.17) is 11.6 Å². The molecule has 0 saturated heterocycles. The van der Waals surface area contributed by atoms with E-state index < -0.39 is 15.7 Å². The third-order valence-electron chi connectivity index (χ3n) is 4.74. The van der Waals surface area contributed by atoms with Crippen molar-refractivity contribution in [2.45, 2.75) is 17.7 Å². The van der Waals surface area contributed by atoms with Crippen LogP contribution < -0.4 is 5.32 Å². The lowest BCUT2D eigenvalue weighted by Crippen LogP contribution is -2.14. The van der Waals surface area contributed by atoms with Gasteiger partial charge in [-0.25, -0.2) is 8.42 Å². The Labute approximate surface area is 156 Å². The number of sulfone groups is 1. The second-order valence-electron chi connectivity index (χ2n) is 6.48. The first-order valence-electron chi connectivity index (χ1n) is 8.19. The number of rotatable bonds is 3. The van der Waals surface area contributed by atoms with Gasteiger partial charge in [0.15, 0.2) is 9.84 Å². The van der Waals surface area contributed by atoms with Gasteiger partial charge in [-0.05, 0) is 53.6 Å². The standard InChI is InChI=1S/C20H16ClNO3S/c1-26(24,25)14-8-9-17(21)16(11-14)20(23)22-18-10-7-13-6-5-12-3-2-4-15(18)19(12)13/h2-4,7-11H,5-6H2,1H3,(H,22,23). The number of carbonyl (C=O) groups excluding carboxylic acids is 1. The average molecular weight is 386 g/mol. The number of hydrogen-bond donors (Lipinski definition) is 1. The molecule has 6 heteroatoms. The first-order chi connectivity index (χ1) is 12.3. The molecule has 1 aliphatic carbocycles. The molecule has 0 aromatic heterocycles. The predicted molar refractivity (Wildman–Crippen MR) is 104 cm³/mol. The minimum Gasteiger partial charge on any atom is -0.321 e. The van der Waals surface area contributed by atoms with Gasteiger partial charge in [-0.3, -0.25) is 4.79 Å². The second-order valence-corrected chi connectivity index (χ2v) is 8.90. The number of amides is 1. The third kappa shape index (κ3) is 2.87. The number of anilines is 1. The Bertz CT molecular complexity index is 1160. The van der Waals surface area contributed by atoms with Crippen molar-refractivity contribution < 1.29 is 13.2 Å². The summed E-state index contributed by atoms with van der Waals surface area (Å²) in [6, 6.07) is 14.1. The highest BCUT2D eigenvalue weighted by molar-refractivity contribution is 7.90. The maximum atomic E-state index is 12.8. The summed E-state index contributed by atoms with van der Waals surface area (Å²) in [6.07, 6.45) is 3.11. The number of aryl methyl sites for hydroxylation is 2. The van der Waals surface area contributed by atoms with Gasteiger partial charge in [0.05, 0.1) is 15.5 Å². The maximum Gasteiger partial charge on any atom is 0.257 e. The zero-order valence-electron chi connectivity index (χ0n) is 14.0. The van der Waals surface area contributed by atoms with E-state index in [0.29, 0.717) is 5.69 Å². The first-order valence-corrected chi connectivity index (χ1v) is 10.5. The van der Waals surface area contributed by atoms with E-state index in [1.807, 2.05) is 24.3 Å². The molecule has 0 spiro atoms. The van der Waals surface area contributed by atoms with Crippen molar-refractivity contribution in [2.75, 3.05) is 11.6 Å². The largest absolute Gasteiger partial charge is 0.321 e. The van der Waals surface area contributed by atoms with Gasteiger partial charge in [0, 0.05) is 17.3 Å². The van der Waals surface area contributed by atoms with E-state index in [1.54, 1.807) is 0 Å². The van der Waals surface area contributed by atoms with Crippen LogP contribution in [0.3, 0.4) is 0 Å². The van der Waals surface area contributed by atoms with Crippen LogP contribution in [-0.2, 0) is 22.7 Å². The highest BCUT2D eigenvalue weighted by atomic mass is 35.5. The van der Waals surface area contributed by atoms with Crippen LogP contribution in [0.25, 0.3) is 10.8 Å². The molecular formula is C20H16ClNO3S. The van der Waals surface area contributed by atoms with E-state index in [1.165, 1.54) is 34.7 Å². The monoisotopic (exact) mass is 385 g/mol. The van der Waals surface area contributed by atoms with Gasteiger partial charge < -0.3 is 5.32 Å². The van der Waals surface area contributed by atoms with Crippen molar-refractivity contribution >= 4 is 43.8 Å². The number of benzene rings is 3. The Morgan fingerprint density at radius 2 is 1.77 bits per heavy atom. The molecule has 1 amide bonds. The molecule has 0 saturated carbocycles. The lowest BCUT2D eigenvalue weighted by atomic mass is 10.0. The summed E-state index contributed by atoms with van der Waals surface area (Å²) in [5.41, 5.74) is 3.40. The molecule has 3 aromatic carbocycles. The van der Waals surface area contributed by atoms with Crippen molar-refractivity contribution in [1.29, 1.82) is 0 Å². The minimum absolute atomic E-state index is 0.0625. The van der Waals surface area contributed by atoms with Crippen LogP contribution in [0.15, 0.2) is 53.4 Å². The van der Waals surface area contributed by atoms with Crippen molar-refractivity contribution in [1.82, 2.24) is 0 Å². The molecule has 1 aliphatic rings. The summed E-state index contributed by atoms with van der Waals surface area (Å²) in [4.78, 5) is 12.8. The van der Waals surface area contributed by atoms with Gasteiger partial charge in [-0.15, -0.1) is 0 Å². The number of nitrogens with one attached hydrogen (secondary N) is 1. The van der Waals surface area contributed by atoms with Crippen LogP contribution in [0.5, 0.6) is 0 Å².